The van der Waals surface area contributed by atoms with Crippen LogP contribution < -0.4 is 0 Å². The van der Waals surface area contributed by atoms with Gasteiger partial charge in [0.2, 0.25) is 0 Å². The van der Waals surface area contributed by atoms with E-state index in [1.165, 1.54) is 0 Å². The van der Waals surface area contributed by atoms with Crippen molar-refractivity contribution in [1.29, 1.82) is 5.41 Å². The van der Waals surface area contributed by atoms with Crippen molar-refractivity contribution in [2.75, 3.05) is 6.61 Å². The third-order valence-corrected chi connectivity index (χ3v) is 5.56. The van der Waals surface area contributed by atoms with E-state index in [4.69, 9.17) is 10.4 Å². The third kappa shape index (κ3) is 3.89. The molecule has 3 rings (SSSR count). The number of aromatic nitrogens is 3. The second-order valence-corrected chi connectivity index (χ2v) is 8.60. The number of aryl methyl sites for hydroxylation is 4. The first-order chi connectivity index (χ1) is 13.2. The number of nitrogens with zero attached hydrogens (tertiary/aromatic N) is 3. The predicted octanol–water partition coefficient (Wildman–Crippen LogP) is 5.19. The molecule has 148 valence electrons. The maximum Gasteiger partial charge on any atom is 0.149 e. The molecule has 2 heterocycles. The number of halogens is 1. The summed E-state index contributed by atoms with van der Waals surface area (Å²) < 4.78 is 3.19. The van der Waals surface area contributed by atoms with Gasteiger partial charge in [-0.05, 0) is 75.3 Å². The Morgan fingerprint density at radius 2 is 1.79 bits per heavy atom. The zero-order chi connectivity index (χ0) is 20.6. The van der Waals surface area contributed by atoms with Gasteiger partial charge in [-0.3, -0.25) is 0 Å². The number of benzene rings is 1. The second-order valence-electron chi connectivity index (χ2n) is 7.69. The van der Waals surface area contributed by atoms with Crippen LogP contribution in [0.4, 0.5) is 0 Å². The maximum absolute atomic E-state index is 9.18. The summed E-state index contributed by atoms with van der Waals surface area (Å²) in [6.07, 6.45) is 3.37. The average molecular weight is 443 g/mol. The molecule has 0 amide bonds. The minimum absolute atomic E-state index is 0.143. The monoisotopic (exact) mass is 442 g/mol. The SMILES string of the molecule is Cc1nc(C(=N)CC(C)CCO)c2c(C)cn(-c3c(C)cc(Br)cc3C)c2n1. The summed E-state index contributed by atoms with van der Waals surface area (Å²) in [5.74, 6) is 0.898. The van der Waals surface area contributed by atoms with Gasteiger partial charge in [-0.1, -0.05) is 22.9 Å². The summed E-state index contributed by atoms with van der Waals surface area (Å²) in [5.41, 5.74) is 6.55. The summed E-state index contributed by atoms with van der Waals surface area (Å²) in [5, 5.41) is 18.8. The zero-order valence-electron chi connectivity index (χ0n) is 17.1. The number of hydrogen-bond donors (Lipinski definition) is 2. The largest absolute Gasteiger partial charge is 0.396 e. The van der Waals surface area contributed by atoms with E-state index >= 15 is 0 Å². The van der Waals surface area contributed by atoms with Gasteiger partial charge in [0.05, 0.1) is 17.1 Å². The van der Waals surface area contributed by atoms with Gasteiger partial charge in [0, 0.05) is 22.7 Å². The molecule has 2 N–H and O–H groups in total. The van der Waals surface area contributed by atoms with Crippen molar-refractivity contribution in [1.82, 2.24) is 14.5 Å². The molecule has 5 nitrogen and oxygen atoms in total. The Balaban J connectivity index is 2.20. The molecule has 1 aromatic carbocycles. The molecule has 3 aromatic rings. The van der Waals surface area contributed by atoms with Crippen LogP contribution in [0.5, 0.6) is 0 Å². The first-order valence-electron chi connectivity index (χ1n) is 9.55. The van der Waals surface area contributed by atoms with Gasteiger partial charge in [-0.15, -0.1) is 0 Å². The fourth-order valence-electron chi connectivity index (χ4n) is 3.85. The minimum atomic E-state index is 0.143. The van der Waals surface area contributed by atoms with Gasteiger partial charge in [0.15, 0.2) is 0 Å². The fraction of sp³-hybridized carbons (Fsp3) is 0.409. The second kappa shape index (κ2) is 8.13. The number of fused-ring (bicyclic) bond motifs is 1. The molecular formula is C22H27BrN4O. The maximum atomic E-state index is 9.18. The lowest BCUT2D eigenvalue weighted by atomic mass is 9.97. The summed E-state index contributed by atoms with van der Waals surface area (Å²) in [6.45, 7) is 10.3. The molecule has 6 heteroatoms. The molecule has 0 radical (unpaired) electrons. The highest BCUT2D eigenvalue weighted by Gasteiger charge is 2.20. The fourth-order valence-corrected chi connectivity index (χ4v) is 4.54. The van der Waals surface area contributed by atoms with Crippen LogP contribution in [0.2, 0.25) is 0 Å². The molecule has 0 aliphatic heterocycles. The highest BCUT2D eigenvalue weighted by atomic mass is 79.9. The van der Waals surface area contributed by atoms with Crippen LogP contribution in [0.15, 0.2) is 22.8 Å². The van der Waals surface area contributed by atoms with Gasteiger partial charge < -0.3 is 15.1 Å². The summed E-state index contributed by atoms with van der Waals surface area (Å²) in [7, 11) is 0. The van der Waals surface area contributed by atoms with Crippen molar-refractivity contribution in [3.8, 4) is 5.69 Å². The van der Waals surface area contributed by atoms with Crippen LogP contribution in [-0.2, 0) is 0 Å². The lowest BCUT2D eigenvalue weighted by Crippen LogP contribution is -2.12. The standard InChI is InChI=1S/C22H27BrN4O/c1-12(6-7-28)8-18(24)20-19-15(4)11-27(22(19)26-16(5)25-20)21-13(2)9-17(23)10-14(21)3/h9-12,24,28H,6-8H2,1-5H3. The molecule has 0 spiro atoms. The normalized spacial score (nSPS) is 12.5. The molecule has 0 aliphatic rings. The number of hydrogen-bond acceptors (Lipinski definition) is 4. The minimum Gasteiger partial charge on any atom is -0.396 e. The van der Waals surface area contributed by atoms with Crippen LogP contribution in [0.3, 0.4) is 0 Å². The van der Waals surface area contributed by atoms with E-state index in [0.717, 1.165) is 37.9 Å². The Kier molecular flexibility index (Phi) is 6.01. The zero-order valence-corrected chi connectivity index (χ0v) is 18.7. The first-order valence-corrected chi connectivity index (χ1v) is 10.3. The first kappa shape index (κ1) is 20.7. The molecule has 2 aromatic heterocycles. The van der Waals surface area contributed by atoms with E-state index in [9.17, 15) is 5.11 Å². The Labute approximate surface area is 174 Å². The van der Waals surface area contributed by atoms with Crippen LogP contribution in [0.25, 0.3) is 16.7 Å². The van der Waals surface area contributed by atoms with Crippen LogP contribution >= 0.6 is 15.9 Å². The van der Waals surface area contributed by atoms with Crippen molar-refractivity contribution in [3.63, 3.8) is 0 Å². The highest BCUT2D eigenvalue weighted by Crippen LogP contribution is 2.31. The van der Waals surface area contributed by atoms with Gasteiger partial charge in [0.1, 0.15) is 11.5 Å². The molecule has 28 heavy (non-hydrogen) atoms. The highest BCUT2D eigenvalue weighted by molar-refractivity contribution is 9.10. The van der Waals surface area contributed by atoms with E-state index in [1.807, 2.05) is 6.92 Å². The summed E-state index contributed by atoms with van der Waals surface area (Å²) in [6, 6.07) is 4.22. The van der Waals surface area contributed by atoms with Crippen molar-refractivity contribution >= 4 is 32.7 Å². The Bertz CT molecular complexity index is 1030. The molecule has 0 aliphatic carbocycles. The third-order valence-electron chi connectivity index (χ3n) is 5.10. The van der Waals surface area contributed by atoms with Gasteiger partial charge >= 0.3 is 0 Å². The smallest absolute Gasteiger partial charge is 0.149 e. The van der Waals surface area contributed by atoms with Gasteiger partial charge in [0.25, 0.3) is 0 Å². The molecule has 1 unspecified atom stereocenters. The van der Waals surface area contributed by atoms with Gasteiger partial charge in [-0.2, -0.15) is 0 Å². The number of rotatable bonds is 6. The molecule has 1 atom stereocenters. The molecule has 0 saturated heterocycles. The lowest BCUT2D eigenvalue weighted by Gasteiger charge is -2.14. The predicted molar refractivity (Wildman–Crippen MR) is 118 cm³/mol. The molecule has 0 fully saturated rings. The summed E-state index contributed by atoms with van der Waals surface area (Å²) in [4.78, 5) is 9.36. The Hall–Kier alpha value is -2.05. The molecular weight excluding hydrogens is 416 g/mol. The molecule has 0 saturated carbocycles. The number of nitrogens with one attached hydrogen (secondary N) is 1. The van der Waals surface area contributed by atoms with E-state index in [2.05, 4.69) is 71.5 Å². The van der Waals surface area contributed by atoms with E-state index in [-0.39, 0.29) is 12.5 Å². The topological polar surface area (TPSA) is 74.8 Å². The molecule has 0 bridgehead atoms. The van der Waals surface area contributed by atoms with Gasteiger partial charge in [-0.25, -0.2) is 9.97 Å². The number of aliphatic hydroxyl groups is 1. The van der Waals surface area contributed by atoms with E-state index in [0.29, 0.717) is 30.1 Å². The van der Waals surface area contributed by atoms with Crippen LogP contribution in [0.1, 0.15) is 48.0 Å². The lowest BCUT2D eigenvalue weighted by molar-refractivity contribution is 0.264. The van der Waals surface area contributed by atoms with Crippen molar-refractivity contribution in [2.24, 2.45) is 5.92 Å². The van der Waals surface area contributed by atoms with Crippen LogP contribution in [-0.4, -0.2) is 32.0 Å². The van der Waals surface area contributed by atoms with Crippen molar-refractivity contribution < 1.29 is 5.11 Å². The van der Waals surface area contributed by atoms with Crippen molar-refractivity contribution in [3.05, 3.63) is 51.0 Å². The number of aliphatic hydroxyl groups excluding tert-OH is 1. The quantitative estimate of drug-likeness (QED) is 0.515. The average Bonchev–Trinajstić information content (AvgIpc) is 2.89. The summed E-state index contributed by atoms with van der Waals surface area (Å²) >= 11 is 3.57. The van der Waals surface area contributed by atoms with E-state index < -0.39 is 0 Å². The van der Waals surface area contributed by atoms with Crippen LogP contribution in [0, 0.1) is 39.0 Å². The van der Waals surface area contributed by atoms with Crippen molar-refractivity contribution in [2.45, 2.75) is 47.5 Å². The van der Waals surface area contributed by atoms with E-state index in [1.54, 1.807) is 0 Å². The Morgan fingerprint density at radius 1 is 1.14 bits per heavy atom. The Morgan fingerprint density at radius 3 is 2.39 bits per heavy atom.